The molecule has 1 unspecified atom stereocenters. The molecule has 0 saturated heterocycles. The lowest BCUT2D eigenvalue weighted by Crippen LogP contribution is -2.43. The Morgan fingerprint density at radius 1 is 1.42 bits per heavy atom. The second-order valence-electron chi connectivity index (χ2n) is 5.55. The van der Waals surface area contributed by atoms with Gasteiger partial charge in [0.1, 0.15) is 5.92 Å². The van der Waals surface area contributed by atoms with Crippen LogP contribution in [0.1, 0.15) is 27.2 Å². The van der Waals surface area contributed by atoms with Crippen LogP contribution in [0, 0.1) is 11.3 Å². The Kier molecular flexibility index (Phi) is 5.09. The molecular weight excluding hydrogens is 246 g/mol. The van der Waals surface area contributed by atoms with Crippen LogP contribution in [0.3, 0.4) is 0 Å². The molecule has 19 heavy (non-hydrogen) atoms. The summed E-state index contributed by atoms with van der Waals surface area (Å²) in [6.45, 7) is 6.37. The molecule has 1 atom stereocenters. The number of aromatic nitrogens is 2. The summed E-state index contributed by atoms with van der Waals surface area (Å²) in [7, 11) is 0. The van der Waals surface area contributed by atoms with Crippen molar-refractivity contribution in [2.45, 2.75) is 33.7 Å². The Balaban J connectivity index is 2.39. The van der Waals surface area contributed by atoms with E-state index < -0.39 is 23.2 Å². The molecule has 0 fully saturated rings. The van der Waals surface area contributed by atoms with Gasteiger partial charge in [-0.1, -0.05) is 20.8 Å². The fourth-order valence-corrected chi connectivity index (χ4v) is 1.86. The average molecular weight is 267 g/mol. The summed E-state index contributed by atoms with van der Waals surface area (Å²) >= 11 is 0. The van der Waals surface area contributed by atoms with Crippen LogP contribution in [0.2, 0.25) is 0 Å². The summed E-state index contributed by atoms with van der Waals surface area (Å²) in [6, 6.07) is 1.83. The van der Waals surface area contributed by atoms with Gasteiger partial charge in [-0.2, -0.15) is 5.10 Å². The van der Waals surface area contributed by atoms with Crippen LogP contribution in [0.15, 0.2) is 18.5 Å². The number of amides is 1. The fraction of sp³-hybridized carbons (Fsp3) is 0.615. The molecule has 0 radical (unpaired) electrons. The van der Waals surface area contributed by atoms with Gasteiger partial charge in [0.2, 0.25) is 5.91 Å². The van der Waals surface area contributed by atoms with Crippen molar-refractivity contribution < 1.29 is 14.7 Å². The van der Waals surface area contributed by atoms with Crippen molar-refractivity contribution in [2.75, 3.05) is 6.54 Å². The second-order valence-corrected chi connectivity index (χ2v) is 5.55. The number of carboxylic acid groups (broad SMARTS) is 1. The Morgan fingerprint density at radius 2 is 2.11 bits per heavy atom. The van der Waals surface area contributed by atoms with Gasteiger partial charge in [0, 0.05) is 25.5 Å². The molecule has 0 aliphatic heterocycles. The van der Waals surface area contributed by atoms with Gasteiger partial charge in [0.25, 0.3) is 0 Å². The van der Waals surface area contributed by atoms with E-state index in [0.717, 1.165) is 0 Å². The Bertz CT molecular complexity index is 421. The lowest BCUT2D eigenvalue weighted by Gasteiger charge is -2.25. The molecule has 6 nitrogen and oxygen atoms in total. The van der Waals surface area contributed by atoms with Gasteiger partial charge in [-0.3, -0.25) is 14.3 Å². The van der Waals surface area contributed by atoms with Crippen LogP contribution in [0.4, 0.5) is 0 Å². The van der Waals surface area contributed by atoms with Crippen molar-refractivity contribution in [3.8, 4) is 0 Å². The first-order chi connectivity index (χ1) is 8.82. The quantitative estimate of drug-likeness (QED) is 0.598. The van der Waals surface area contributed by atoms with Gasteiger partial charge in [0.15, 0.2) is 0 Å². The topological polar surface area (TPSA) is 84.2 Å². The first-order valence-corrected chi connectivity index (χ1v) is 6.30. The van der Waals surface area contributed by atoms with E-state index in [0.29, 0.717) is 19.5 Å². The van der Waals surface area contributed by atoms with E-state index in [1.807, 2.05) is 12.3 Å². The van der Waals surface area contributed by atoms with Crippen molar-refractivity contribution in [2.24, 2.45) is 11.3 Å². The molecule has 1 amide bonds. The monoisotopic (exact) mass is 267 g/mol. The van der Waals surface area contributed by atoms with Crippen molar-refractivity contribution in [1.82, 2.24) is 15.1 Å². The van der Waals surface area contributed by atoms with Gasteiger partial charge in [-0.15, -0.1) is 0 Å². The maximum Gasteiger partial charge on any atom is 0.316 e. The molecule has 0 saturated carbocycles. The van der Waals surface area contributed by atoms with Crippen LogP contribution in [0.5, 0.6) is 0 Å². The molecule has 0 bridgehead atoms. The van der Waals surface area contributed by atoms with Gasteiger partial charge in [-0.05, 0) is 17.9 Å². The van der Waals surface area contributed by atoms with Gasteiger partial charge < -0.3 is 10.4 Å². The molecule has 106 valence electrons. The molecule has 0 aliphatic rings. The lowest BCUT2D eigenvalue weighted by atomic mass is 9.80. The summed E-state index contributed by atoms with van der Waals surface area (Å²) in [5.41, 5.74) is -0.599. The third-order valence-corrected chi connectivity index (χ3v) is 2.80. The number of aliphatic carboxylic acids is 1. The Labute approximate surface area is 112 Å². The number of carbonyl (C=O) groups excluding carboxylic acids is 1. The molecule has 1 aromatic heterocycles. The summed E-state index contributed by atoms with van der Waals surface area (Å²) in [6.07, 6.45) is 4.25. The third kappa shape index (κ3) is 4.73. The number of nitrogens with zero attached hydrogens (tertiary/aromatic N) is 2. The number of carboxylic acids is 1. The van der Waals surface area contributed by atoms with Crippen LogP contribution in [-0.4, -0.2) is 33.3 Å². The number of nitrogens with one attached hydrogen (secondary N) is 1. The van der Waals surface area contributed by atoms with Crippen LogP contribution >= 0.6 is 0 Å². The number of hydrogen-bond acceptors (Lipinski definition) is 3. The van der Waals surface area contributed by atoms with Gasteiger partial charge in [-0.25, -0.2) is 0 Å². The minimum Gasteiger partial charge on any atom is -0.481 e. The molecular formula is C13H21N3O3. The number of hydrogen-bond donors (Lipinski definition) is 2. The van der Waals surface area contributed by atoms with Crippen molar-refractivity contribution in [3.05, 3.63) is 18.5 Å². The number of aryl methyl sites for hydroxylation is 1. The highest BCUT2D eigenvalue weighted by Crippen LogP contribution is 2.26. The maximum atomic E-state index is 11.9. The molecule has 1 aromatic rings. The minimum absolute atomic E-state index is 0.430. The molecule has 0 aliphatic carbocycles. The summed E-state index contributed by atoms with van der Waals surface area (Å²) in [5.74, 6) is -2.55. The normalized spacial score (nSPS) is 13.0. The zero-order chi connectivity index (χ0) is 14.5. The fourth-order valence-electron chi connectivity index (χ4n) is 1.86. The van der Waals surface area contributed by atoms with Crippen molar-refractivity contribution in [1.29, 1.82) is 0 Å². The van der Waals surface area contributed by atoms with E-state index >= 15 is 0 Å². The van der Waals surface area contributed by atoms with Gasteiger partial charge >= 0.3 is 5.97 Å². The van der Waals surface area contributed by atoms with Crippen LogP contribution in [-0.2, 0) is 16.1 Å². The van der Waals surface area contributed by atoms with Crippen molar-refractivity contribution >= 4 is 11.9 Å². The first-order valence-electron chi connectivity index (χ1n) is 6.30. The van der Waals surface area contributed by atoms with E-state index in [1.54, 1.807) is 31.6 Å². The average Bonchev–Trinajstić information content (AvgIpc) is 2.74. The highest BCUT2D eigenvalue weighted by Gasteiger charge is 2.37. The predicted octanol–water partition coefficient (Wildman–Crippen LogP) is 1.14. The van der Waals surface area contributed by atoms with Crippen LogP contribution in [0.25, 0.3) is 0 Å². The zero-order valence-corrected chi connectivity index (χ0v) is 11.6. The van der Waals surface area contributed by atoms with Crippen molar-refractivity contribution in [3.63, 3.8) is 0 Å². The molecule has 6 heteroatoms. The Morgan fingerprint density at radius 3 is 2.58 bits per heavy atom. The second kappa shape index (κ2) is 6.36. The third-order valence-electron chi connectivity index (χ3n) is 2.80. The summed E-state index contributed by atoms with van der Waals surface area (Å²) in [5, 5.41) is 15.8. The highest BCUT2D eigenvalue weighted by molar-refractivity contribution is 5.97. The lowest BCUT2D eigenvalue weighted by molar-refractivity contribution is -0.151. The molecule has 1 heterocycles. The first kappa shape index (κ1) is 15.2. The van der Waals surface area contributed by atoms with E-state index in [4.69, 9.17) is 5.11 Å². The Hall–Kier alpha value is -1.85. The van der Waals surface area contributed by atoms with E-state index in [9.17, 15) is 9.59 Å². The van der Waals surface area contributed by atoms with E-state index in [-0.39, 0.29) is 0 Å². The number of carbonyl (C=O) groups is 2. The summed E-state index contributed by atoms with van der Waals surface area (Å²) < 4.78 is 1.77. The summed E-state index contributed by atoms with van der Waals surface area (Å²) in [4.78, 5) is 23.0. The maximum absolute atomic E-state index is 11.9. The minimum atomic E-state index is -1.09. The van der Waals surface area contributed by atoms with E-state index in [2.05, 4.69) is 10.4 Å². The molecule has 0 aromatic carbocycles. The molecule has 1 rings (SSSR count). The molecule has 0 spiro atoms. The number of rotatable bonds is 6. The molecule has 2 N–H and O–H groups in total. The SMILES string of the molecule is CC(C)(C)C(C(=O)O)C(=O)NCCCn1cccn1. The highest BCUT2D eigenvalue weighted by atomic mass is 16.4. The van der Waals surface area contributed by atoms with E-state index in [1.165, 1.54) is 0 Å². The standard InChI is InChI=1S/C13H21N3O3/c1-13(2,3)10(12(18)19)11(17)14-6-4-8-16-9-5-7-15-16/h5,7,9-10H,4,6,8H2,1-3H3,(H,14,17)(H,18,19). The zero-order valence-electron chi connectivity index (χ0n) is 11.6. The van der Waals surface area contributed by atoms with Crippen LogP contribution < -0.4 is 5.32 Å². The van der Waals surface area contributed by atoms with Gasteiger partial charge in [0.05, 0.1) is 0 Å². The predicted molar refractivity (Wildman–Crippen MR) is 70.4 cm³/mol. The smallest absolute Gasteiger partial charge is 0.316 e. The largest absolute Gasteiger partial charge is 0.481 e.